The van der Waals surface area contributed by atoms with Crippen LogP contribution in [0, 0.1) is 0 Å². The van der Waals surface area contributed by atoms with Gasteiger partial charge in [0.1, 0.15) is 11.9 Å². The van der Waals surface area contributed by atoms with Crippen molar-refractivity contribution >= 4 is 5.69 Å². The van der Waals surface area contributed by atoms with Crippen LogP contribution in [0.25, 0.3) is 0 Å². The molecule has 0 bridgehead atoms. The fourth-order valence-electron chi connectivity index (χ4n) is 1.98. The fourth-order valence-corrected chi connectivity index (χ4v) is 1.98. The summed E-state index contributed by atoms with van der Waals surface area (Å²) < 4.78 is 5.16. The Balaban J connectivity index is 1.97. The summed E-state index contributed by atoms with van der Waals surface area (Å²) in [7, 11) is 1.67. The Morgan fingerprint density at radius 2 is 2.11 bits per heavy atom. The first-order chi connectivity index (χ1) is 9.33. The maximum atomic E-state index is 5.95. The topological polar surface area (TPSA) is 21.7 Å². The van der Waals surface area contributed by atoms with Crippen molar-refractivity contribution < 1.29 is 9.57 Å². The van der Waals surface area contributed by atoms with E-state index in [1.165, 1.54) is 0 Å². The van der Waals surface area contributed by atoms with Gasteiger partial charge in [-0.15, -0.1) is 0 Å². The van der Waals surface area contributed by atoms with Gasteiger partial charge < -0.3 is 4.74 Å². The molecule has 1 aliphatic heterocycles. The molecule has 1 atom stereocenters. The number of methoxy groups -OCH3 is 1. The molecule has 1 aromatic rings. The molecular formula is C16H21NO2. The zero-order valence-electron chi connectivity index (χ0n) is 11.6. The van der Waals surface area contributed by atoms with Crippen LogP contribution >= 0.6 is 0 Å². The number of allylic oxidation sites excluding steroid dienone is 1. The molecule has 0 amide bonds. The summed E-state index contributed by atoms with van der Waals surface area (Å²) in [4.78, 5) is 5.95. The van der Waals surface area contributed by atoms with E-state index in [0.29, 0.717) is 0 Å². The molecule has 3 nitrogen and oxygen atoms in total. The number of nitrogens with zero attached hydrogens (tertiary/aromatic N) is 1. The minimum atomic E-state index is 0.124. The van der Waals surface area contributed by atoms with Crippen molar-refractivity contribution in [2.75, 3.05) is 18.7 Å². The molecule has 0 aliphatic carbocycles. The number of hydrogen-bond donors (Lipinski definition) is 0. The molecule has 0 fully saturated rings. The molecule has 1 aliphatic rings. The Morgan fingerprint density at radius 3 is 2.79 bits per heavy atom. The van der Waals surface area contributed by atoms with Gasteiger partial charge >= 0.3 is 0 Å². The molecular weight excluding hydrogens is 238 g/mol. The van der Waals surface area contributed by atoms with Gasteiger partial charge in [-0.1, -0.05) is 31.2 Å². The van der Waals surface area contributed by atoms with Crippen LogP contribution in [0.15, 0.2) is 48.6 Å². The lowest BCUT2D eigenvalue weighted by Gasteiger charge is -2.29. The van der Waals surface area contributed by atoms with Crippen molar-refractivity contribution in [2.24, 2.45) is 0 Å². The normalized spacial score (nSPS) is 19.1. The molecule has 1 aromatic carbocycles. The SMILES string of the molecule is CC/C=C\C[C@@H]1C=CCN(c2ccc(OC)cc2)O1. The highest BCUT2D eigenvalue weighted by atomic mass is 16.7. The largest absolute Gasteiger partial charge is 0.497 e. The lowest BCUT2D eigenvalue weighted by Crippen LogP contribution is -2.32. The van der Waals surface area contributed by atoms with Gasteiger partial charge in [0.25, 0.3) is 0 Å². The zero-order valence-corrected chi connectivity index (χ0v) is 11.6. The summed E-state index contributed by atoms with van der Waals surface area (Å²) in [6.45, 7) is 2.91. The first-order valence-corrected chi connectivity index (χ1v) is 6.73. The average molecular weight is 259 g/mol. The monoisotopic (exact) mass is 259 g/mol. The van der Waals surface area contributed by atoms with Crippen molar-refractivity contribution in [3.63, 3.8) is 0 Å². The van der Waals surface area contributed by atoms with Crippen LogP contribution < -0.4 is 9.80 Å². The van der Waals surface area contributed by atoms with Crippen molar-refractivity contribution in [1.29, 1.82) is 0 Å². The predicted molar refractivity (Wildman–Crippen MR) is 78.4 cm³/mol. The first kappa shape index (κ1) is 13.7. The summed E-state index contributed by atoms with van der Waals surface area (Å²) in [5.74, 6) is 0.860. The predicted octanol–water partition coefficient (Wildman–Crippen LogP) is 3.73. The van der Waals surface area contributed by atoms with E-state index in [4.69, 9.17) is 9.57 Å². The van der Waals surface area contributed by atoms with Crippen LogP contribution in [0.2, 0.25) is 0 Å². The van der Waals surface area contributed by atoms with E-state index in [2.05, 4.69) is 31.2 Å². The van der Waals surface area contributed by atoms with E-state index in [0.717, 1.165) is 30.8 Å². The molecule has 0 spiro atoms. The van der Waals surface area contributed by atoms with E-state index in [-0.39, 0.29) is 6.10 Å². The zero-order chi connectivity index (χ0) is 13.5. The van der Waals surface area contributed by atoms with E-state index in [1.54, 1.807) is 7.11 Å². The Bertz CT molecular complexity index is 437. The third-order valence-electron chi connectivity index (χ3n) is 3.02. The van der Waals surface area contributed by atoms with Gasteiger partial charge in [0.05, 0.1) is 19.3 Å². The van der Waals surface area contributed by atoms with Crippen LogP contribution in [0.3, 0.4) is 0 Å². The minimum absolute atomic E-state index is 0.124. The van der Waals surface area contributed by atoms with Crippen LogP contribution in [0.4, 0.5) is 5.69 Å². The molecule has 19 heavy (non-hydrogen) atoms. The second-order valence-corrected chi connectivity index (χ2v) is 4.45. The van der Waals surface area contributed by atoms with Crippen molar-refractivity contribution in [2.45, 2.75) is 25.9 Å². The number of ether oxygens (including phenoxy) is 1. The summed E-state index contributed by atoms with van der Waals surface area (Å²) in [5, 5.41) is 1.92. The Labute approximate surface area is 115 Å². The highest BCUT2D eigenvalue weighted by molar-refractivity contribution is 5.48. The standard InChI is InChI=1S/C16H21NO2/c1-3-4-5-7-16-8-6-13-17(19-16)14-9-11-15(18-2)12-10-14/h4-6,8-12,16H,3,7,13H2,1-2H3/b5-4-/t16-/m1/s1. The third kappa shape index (κ3) is 3.86. The number of benzene rings is 1. The van der Waals surface area contributed by atoms with E-state index in [9.17, 15) is 0 Å². The van der Waals surface area contributed by atoms with Gasteiger partial charge in [-0.3, -0.25) is 4.84 Å². The molecule has 0 N–H and O–H groups in total. The van der Waals surface area contributed by atoms with Gasteiger partial charge in [0, 0.05) is 0 Å². The molecule has 0 saturated carbocycles. The molecule has 102 valence electrons. The van der Waals surface area contributed by atoms with Crippen LogP contribution in [-0.4, -0.2) is 19.8 Å². The lowest BCUT2D eigenvalue weighted by molar-refractivity contribution is 0.0608. The molecule has 2 rings (SSSR count). The molecule has 0 radical (unpaired) electrons. The number of hydroxylamine groups is 1. The van der Waals surface area contributed by atoms with E-state index >= 15 is 0 Å². The van der Waals surface area contributed by atoms with Gasteiger partial charge in [-0.25, -0.2) is 5.06 Å². The highest BCUT2D eigenvalue weighted by Crippen LogP contribution is 2.23. The molecule has 0 unspecified atom stereocenters. The lowest BCUT2D eigenvalue weighted by atomic mass is 10.2. The first-order valence-electron chi connectivity index (χ1n) is 6.73. The van der Waals surface area contributed by atoms with Crippen molar-refractivity contribution in [1.82, 2.24) is 0 Å². The van der Waals surface area contributed by atoms with Gasteiger partial charge in [-0.05, 0) is 37.1 Å². The van der Waals surface area contributed by atoms with Crippen molar-refractivity contribution in [3.05, 3.63) is 48.6 Å². The Kier molecular flexibility index (Phi) is 5.04. The van der Waals surface area contributed by atoms with E-state index < -0.39 is 0 Å². The van der Waals surface area contributed by atoms with Crippen LogP contribution in [0.1, 0.15) is 19.8 Å². The van der Waals surface area contributed by atoms with Gasteiger partial charge in [0.15, 0.2) is 0 Å². The summed E-state index contributed by atoms with van der Waals surface area (Å²) in [5.41, 5.74) is 1.05. The molecule has 0 aromatic heterocycles. The van der Waals surface area contributed by atoms with Gasteiger partial charge in [0.2, 0.25) is 0 Å². The smallest absolute Gasteiger partial charge is 0.119 e. The summed E-state index contributed by atoms with van der Waals surface area (Å²) in [6.07, 6.45) is 10.7. The van der Waals surface area contributed by atoms with Gasteiger partial charge in [-0.2, -0.15) is 0 Å². The second-order valence-electron chi connectivity index (χ2n) is 4.45. The molecule has 1 heterocycles. The average Bonchev–Trinajstić information content (AvgIpc) is 2.48. The van der Waals surface area contributed by atoms with E-state index in [1.807, 2.05) is 29.3 Å². The highest BCUT2D eigenvalue weighted by Gasteiger charge is 2.15. The van der Waals surface area contributed by atoms with Crippen LogP contribution in [0.5, 0.6) is 5.75 Å². The minimum Gasteiger partial charge on any atom is -0.497 e. The number of anilines is 1. The summed E-state index contributed by atoms with van der Waals surface area (Å²) in [6, 6.07) is 7.92. The maximum absolute atomic E-state index is 5.95. The molecule has 0 saturated heterocycles. The Hall–Kier alpha value is -1.74. The van der Waals surface area contributed by atoms with Crippen LogP contribution in [-0.2, 0) is 4.84 Å². The number of rotatable bonds is 5. The Morgan fingerprint density at radius 1 is 1.32 bits per heavy atom. The number of hydrogen-bond acceptors (Lipinski definition) is 3. The molecule has 3 heteroatoms. The quantitative estimate of drug-likeness (QED) is 0.752. The maximum Gasteiger partial charge on any atom is 0.119 e. The second kappa shape index (κ2) is 7.00. The van der Waals surface area contributed by atoms with Crippen molar-refractivity contribution in [3.8, 4) is 5.75 Å². The third-order valence-corrected chi connectivity index (χ3v) is 3.02. The summed E-state index contributed by atoms with van der Waals surface area (Å²) >= 11 is 0. The fraction of sp³-hybridized carbons (Fsp3) is 0.375.